The van der Waals surface area contributed by atoms with Crippen molar-refractivity contribution in [2.45, 2.75) is 19.9 Å². The Morgan fingerprint density at radius 3 is 2.78 bits per heavy atom. The number of aliphatic imine (C=N–C) groups is 1. The second kappa shape index (κ2) is 9.77. The summed E-state index contributed by atoms with van der Waals surface area (Å²) in [5.41, 5.74) is 12.0. The highest BCUT2D eigenvalue weighted by molar-refractivity contribution is 5.83. The maximum absolute atomic E-state index is 14.4. The van der Waals surface area contributed by atoms with Gasteiger partial charge < -0.3 is 10.5 Å². The fourth-order valence-electron chi connectivity index (χ4n) is 2.29. The highest BCUT2D eigenvalue weighted by atomic mass is 19.1. The number of nitrogens with one attached hydrogen (secondary N) is 2. The van der Waals surface area contributed by atoms with Crippen LogP contribution in [0.3, 0.4) is 0 Å². The van der Waals surface area contributed by atoms with Crippen molar-refractivity contribution in [3.63, 3.8) is 0 Å². The number of amides is 1. The molecule has 0 aromatic heterocycles. The maximum atomic E-state index is 14.4. The van der Waals surface area contributed by atoms with Crippen LogP contribution in [0.1, 0.15) is 18.9 Å². The third-order valence-corrected chi connectivity index (χ3v) is 3.54. The van der Waals surface area contributed by atoms with Crippen molar-refractivity contribution in [2.24, 2.45) is 10.7 Å². The minimum atomic E-state index is -0.542. The van der Waals surface area contributed by atoms with Gasteiger partial charge in [-0.25, -0.2) is 9.38 Å². The van der Waals surface area contributed by atoms with Gasteiger partial charge in [-0.1, -0.05) is 30.3 Å². The molecule has 2 aromatic carbocycles. The predicted molar refractivity (Wildman–Crippen MR) is 99.8 cm³/mol. The van der Waals surface area contributed by atoms with Gasteiger partial charge in [0.05, 0.1) is 19.2 Å². The van der Waals surface area contributed by atoms with E-state index in [2.05, 4.69) is 15.8 Å². The summed E-state index contributed by atoms with van der Waals surface area (Å²) in [4.78, 5) is 15.1. The van der Waals surface area contributed by atoms with Gasteiger partial charge >= 0.3 is 0 Å². The van der Waals surface area contributed by atoms with Crippen molar-refractivity contribution in [3.05, 3.63) is 53.8 Å². The van der Waals surface area contributed by atoms with Crippen LogP contribution in [0.15, 0.2) is 47.5 Å². The number of halogens is 1. The molecule has 0 aliphatic heterocycles. The van der Waals surface area contributed by atoms with Crippen LogP contribution in [0.2, 0.25) is 0 Å². The van der Waals surface area contributed by atoms with E-state index < -0.39 is 11.7 Å². The zero-order valence-electron chi connectivity index (χ0n) is 14.8. The van der Waals surface area contributed by atoms with Crippen LogP contribution in [-0.2, 0) is 11.3 Å². The number of nitriles is 1. The van der Waals surface area contributed by atoms with Crippen LogP contribution in [0.25, 0.3) is 11.1 Å². The van der Waals surface area contributed by atoms with Crippen molar-refractivity contribution in [2.75, 3.05) is 6.61 Å². The van der Waals surface area contributed by atoms with E-state index in [0.29, 0.717) is 23.5 Å². The third-order valence-electron chi connectivity index (χ3n) is 3.54. The summed E-state index contributed by atoms with van der Waals surface area (Å²) in [5, 5.41) is 8.39. The maximum Gasteiger partial charge on any atom is 0.252 e. The largest absolute Gasteiger partial charge is 0.493 e. The van der Waals surface area contributed by atoms with Crippen LogP contribution in [-0.4, -0.2) is 18.5 Å². The molecule has 2 aromatic rings. The fourth-order valence-corrected chi connectivity index (χ4v) is 2.29. The Morgan fingerprint density at radius 2 is 2.07 bits per heavy atom. The molecule has 0 bridgehead atoms. The lowest BCUT2D eigenvalue weighted by Gasteiger charge is -2.11. The molecule has 0 saturated carbocycles. The monoisotopic (exact) mass is 369 g/mol. The summed E-state index contributed by atoms with van der Waals surface area (Å²) >= 11 is 0. The quantitative estimate of drug-likeness (QED) is 0.411. The van der Waals surface area contributed by atoms with Gasteiger partial charge in [0.15, 0.2) is 0 Å². The predicted octanol–water partition coefficient (Wildman–Crippen LogP) is 2.24. The second-order valence-electron chi connectivity index (χ2n) is 5.44. The molecular formula is C19H20FN5O2. The van der Waals surface area contributed by atoms with E-state index in [1.165, 1.54) is 6.07 Å². The number of carbonyl (C=O) groups is 1. The van der Waals surface area contributed by atoms with Gasteiger partial charge in [0.2, 0.25) is 5.96 Å². The second-order valence-corrected chi connectivity index (χ2v) is 5.44. The molecule has 0 unspecified atom stereocenters. The number of carbonyl (C=O) groups excluding carboxylic acids is 1. The van der Waals surface area contributed by atoms with Crippen LogP contribution >= 0.6 is 0 Å². The zero-order chi connectivity index (χ0) is 19.6. The molecule has 0 aliphatic rings. The number of benzene rings is 2. The lowest BCUT2D eigenvalue weighted by atomic mass is 10.0. The Hall–Kier alpha value is -3.60. The standard InChI is InChI=1S/C19H20FN5O2/c1-2-27-17-6-4-3-5-15(17)13-7-8-14(16(20)11-13)12-23-19(22)25-24-18(26)9-10-21/h3-8,11H,2,9,12H2,1H3,(H,24,26)(H3,22,23,25). The number of rotatable bonds is 6. The molecule has 0 radical (unpaired) electrons. The van der Waals surface area contributed by atoms with Crippen LogP contribution in [0, 0.1) is 17.1 Å². The summed E-state index contributed by atoms with van der Waals surface area (Å²) in [6.07, 6.45) is -0.306. The third kappa shape index (κ3) is 5.71. The molecule has 27 heavy (non-hydrogen) atoms. The minimum absolute atomic E-state index is 0.00776. The number of nitrogens with two attached hydrogens (primary N) is 1. The van der Waals surface area contributed by atoms with E-state index in [4.69, 9.17) is 15.7 Å². The SMILES string of the molecule is CCOc1ccccc1-c1ccc(CN=C(N)NNC(=O)CC#N)c(F)c1. The van der Waals surface area contributed by atoms with Gasteiger partial charge in [-0.05, 0) is 24.6 Å². The lowest BCUT2D eigenvalue weighted by molar-refractivity contribution is -0.120. The molecule has 0 aliphatic carbocycles. The van der Waals surface area contributed by atoms with Crippen molar-refractivity contribution in [1.29, 1.82) is 5.26 Å². The Balaban J connectivity index is 2.08. The first-order valence-corrected chi connectivity index (χ1v) is 8.27. The first-order chi connectivity index (χ1) is 13.0. The Labute approximate surface area is 156 Å². The summed E-state index contributed by atoms with van der Waals surface area (Å²) in [6, 6.07) is 13.9. The average Bonchev–Trinajstić information content (AvgIpc) is 2.66. The molecule has 140 valence electrons. The van der Waals surface area contributed by atoms with E-state index in [1.807, 2.05) is 31.2 Å². The molecule has 0 saturated heterocycles. The molecule has 0 heterocycles. The van der Waals surface area contributed by atoms with Crippen molar-refractivity contribution < 1.29 is 13.9 Å². The summed E-state index contributed by atoms with van der Waals surface area (Å²) in [7, 11) is 0. The normalized spacial score (nSPS) is 10.8. The van der Waals surface area contributed by atoms with Gasteiger partial charge in [-0.15, -0.1) is 0 Å². The van der Waals surface area contributed by atoms with E-state index in [0.717, 1.165) is 5.56 Å². The smallest absolute Gasteiger partial charge is 0.252 e. The molecule has 8 heteroatoms. The molecule has 7 nitrogen and oxygen atoms in total. The number of para-hydroxylation sites is 1. The van der Waals surface area contributed by atoms with Crippen molar-refractivity contribution >= 4 is 11.9 Å². The van der Waals surface area contributed by atoms with E-state index >= 15 is 0 Å². The van der Waals surface area contributed by atoms with Crippen molar-refractivity contribution in [3.8, 4) is 22.9 Å². The molecular weight excluding hydrogens is 349 g/mol. The number of hydrogen-bond acceptors (Lipinski definition) is 4. The Bertz CT molecular complexity index is 877. The van der Waals surface area contributed by atoms with Crippen LogP contribution in [0.5, 0.6) is 5.75 Å². The van der Waals surface area contributed by atoms with Crippen molar-refractivity contribution in [1.82, 2.24) is 10.9 Å². The minimum Gasteiger partial charge on any atom is -0.493 e. The van der Waals surface area contributed by atoms with E-state index in [9.17, 15) is 9.18 Å². The molecule has 4 N–H and O–H groups in total. The Kier molecular flexibility index (Phi) is 7.14. The van der Waals surface area contributed by atoms with Gasteiger partial charge in [0, 0.05) is 11.1 Å². The molecule has 0 atom stereocenters. The van der Waals surface area contributed by atoms with Gasteiger partial charge in [0.1, 0.15) is 18.0 Å². The highest BCUT2D eigenvalue weighted by Gasteiger charge is 2.09. The number of hydrogen-bond donors (Lipinski definition) is 3. The Morgan fingerprint density at radius 1 is 1.30 bits per heavy atom. The highest BCUT2D eigenvalue weighted by Crippen LogP contribution is 2.31. The number of hydrazine groups is 1. The van der Waals surface area contributed by atoms with Gasteiger partial charge in [-0.3, -0.25) is 15.6 Å². The summed E-state index contributed by atoms with van der Waals surface area (Å²) in [6.45, 7) is 2.40. The van der Waals surface area contributed by atoms with Crippen LogP contribution in [0.4, 0.5) is 4.39 Å². The lowest BCUT2D eigenvalue weighted by Crippen LogP contribution is -2.45. The number of nitrogens with zero attached hydrogens (tertiary/aromatic N) is 2. The number of guanidine groups is 1. The van der Waals surface area contributed by atoms with E-state index in [-0.39, 0.29) is 18.9 Å². The molecule has 0 spiro atoms. The van der Waals surface area contributed by atoms with Gasteiger partial charge in [0.25, 0.3) is 5.91 Å². The molecule has 1 amide bonds. The molecule has 0 fully saturated rings. The average molecular weight is 369 g/mol. The van der Waals surface area contributed by atoms with Crippen LogP contribution < -0.4 is 21.3 Å². The van der Waals surface area contributed by atoms with E-state index in [1.54, 1.807) is 18.2 Å². The topological polar surface area (TPSA) is 113 Å². The number of ether oxygens (including phenoxy) is 1. The summed E-state index contributed by atoms with van der Waals surface area (Å²) < 4.78 is 20.0. The fraction of sp³-hybridized carbons (Fsp3) is 0.211. The first kappa shape index (κ1) is 19.7. The molecule has 2 rings (SSSR count). The first-order valence-electron chi connectivity index (χ1n) is 8.27. The summed E-state index contributed by atoms with van der Waals surface area (Å²) in [5.74, 6) is -0.374. The van der Waals surface area contributed by atoms with Gasteiger partial charge in [-0.2, -0.15) is 5.26 Å². The zero-order valence-corrected chi connectivity index (χ0v) is 14.8.